The van der Waals surface area contributed by atoms with Crippen molar-refractivity contribution in [3.05, 3.63) is 28.5 Å². The van der Waals surface area contributed by atoms with E-state index in [9.17, 15) is 4.79 Å². The molecule has 0 aliphatic carbocycles. The van der Waals surface area contributed by atoms with Crippen LogP contribution in [-0.4, -0.2) is 23.0 Å². The number of hydrogen-bond acceptors (Lipinski definition) is 3. The fraction of sp³-hybridized carbons (Fsp3) is 0.500. The Labute approximate surface area is 134 Å². The number of nitrogens with two attached hydrogens (primary N) is 1. The highest BCUT2D eigenvalue weighted by atomic mass is 79.9. The van der Waals surface area contributed by atoms with Gasteiger partial charge in [0.1, 0.15) is 5.69 Å². The van der Waals surface area contributed by atoms with Crippen LogP contribution in [0.25, 0.3) is 0 Å². The number of aromatic nitrogens is 1. The number of pyridine rings is 1. The first-order valence-electron chi connectivity index (χ1n) is 5.69. The molecule has 0 spiro atoms. The van der Waals surface area contributed by atoms with Gasteiger partial charge in [0.25, 0.3) is 5.91 Å². The quantitative estimate of drug-likeness (QED) is 0.834. The molecule has 1 rings (SSSR count). The lowest BCUT2D eigenvalue weighted by atomic mass is 9.94. The molecule has 0 radical (unpaired) electrons. The third-order valence-electron chi connectivity index (χ3n) is 2.97. The standard InChI is InChI=1S/C12H18BrN3O.2ClH/c1-3-12(14,4-2)8-16-11(17)10-6-5-9(13)7-15-10;;/h5-7H,3-4,8,14H2,1-2H3,(H,16,17);2*1H. The summed E-state index contributed by atoms with van der Waals surface area (Å²) in [5.41, 5.74) is 6.18. The Kier molecular flexibility index (Phi) is 10.5. The van der Waals surface area contributed by atoms with E-state index in [1.165, 1.54) is 0 Å². The largest absolute Gasteiger partial charge is 0.349 e. The maximum Gasteiger partial charge on any atom is 0.269 e. The molecule has 7 heteroatoms. The first-order valence-corrected chi connectivity index (χ1v) is 6.48. The molecule has 0 bridgehead atoms. The van der Waals surface area contributed by atoms with E-state index in [0.717, 1.165) is 17.3 Å². The second kappa shape index (κ2) is 9.53. The monoisotopic (exact) mass is 371 g/mol. The normalized spacial score (nSPS) is 10.1. The van der Waals surface area contributed by atoms with Gasteiger partial charge in [-0.1, -0.05) is 13.8 Å². The van der Waals surface area contributed by atoms with Crippen LogP contribution in [0.5, 0.6) is 0 Å². The average Bonchev–Trinajstić information content (AvgIpc) is 2.36. The molecule has 4 nitrogen and oxygen atoms in total. The van der Waals surface area contributed by atoms with Gasteiger partial charge < -0.3 is 11.1 Å². The summed E-state index contributed by atoms with van der Waals surface area (Å²) in [6.45, 7) is 4.51. The molecule has 0 aromatic carbocycles. The summed E-state index contributed by atoms with van der Waals surface area (Å²) in [5, 5.41) is 2.82. The molecule has 0 fully saturated rings. The van der Waals surface area contributed by atoms with Gasteiger partial charge in [-0.2, -0.15) is 0 Å². The lowest BCUT2D eigenvalue weighted by molar-refractivity contribution is 0.0937. The fourth-order valence-corrected chi connectivity index (χ4v) is 1.59. The third-order valence-corrected chi connectivity index (χ3v) is 3.44. The lowest BCUT2D eigenvalue weighted by Gasteiger charge is -2.26. The van der Waals surface area contributed by atoms with Crippen LogP contribution in [0.1, 0.15) is 37.2 Å². The van der Waals surface area contributed by atoms with Crippen molar-refractivity contribution in [2.45, 2.75) is 32.2 Å². The molecule has 0 atom stereocenters. The van der Waals surface area contributed by atoms with Crippen molar-refractivity contribution in [2.75, 3.05) is 6.54 Å². The number of carbonyl (C=O) groups is 1. The van der Waals surface area contributed by atoms with E-state index in [1.807, 2.05) is 13.8 Å². The van der Waals surface area contributed by atoms with E-state index in [4.69, 9.17) is 5.73 Å². The van der Waals surface area contributed by atoms with E-state index < -0.39 is 0 Å². The second-order valence-corrected chi connectivity index (χ2v) is 5.03. The van der Waals surface area contributed by atoms with E-state index in [1.54, 1.807) is 18.3 Å². The zero-order valence-electron chi connectivity index (χ0n) is 11.0. The summed E-state index contributed by atoms with van der Waals surface area (Å²) in [4.78, 5) is 15.8. The Morgan fingerprint density at radius 1 is 1.37 bits per heavy atom. The highest BCUT2D eigenvalue weighted by Crippen LogP contribution is 2.10. The highest BCUT2D eigenvalue weighted by Gasteiger charge is 2.21. The van der Waals surface area contributed by atoms with Crippen molar-refractivity contribution in [3.8, 4) is 0 Å². The van der Waals surface area contributed by atoms with E-state index in [2.05, 4.69) is 26.2 Å². The zero-order valence-corrected chi connectivity index (χ0v) is 14.2. The topological polar surface area (TPSA) is 68.0 Å². The number of halogens is 3. The second-order valence-electron chi connectivity index (χ2n) is 4.11. The summed E-state index contributed by atoms with van der Waals surface area (Å²) in [6.07, 6.45) is 3.26. The summed E-state index contributed by atoms with van der Waals surface area (Å²) in [7, 11) is 0. The Morgan fingerprint density at radius 3 is 2.37 bits per heavy atom. The van der Waals surface area contributed by atoms with Crippen molar-refractivity contribution in [1.29, 1.82) is 0 Å². The summed E-state index contributed by atoms with van der Waals surface area (Å²) < 4.78 is 0.851. The van der Waals surface area contributed by atoms with E-state index in [0.29, 0.717) is 12.2 Å². The number of nitrogens with zero attached hydrogens (tertiary/aromatic N) is 1. The van der Waals surface area contributed by atoms with Crippen LogP contribution in [-0.2, 0) is 0 Å². The van der Waals surface area contributed by atoms with Crippen molar-refractivity contribution in [3.63, 3.8) is 0 Å². The minimum absolute atomic E-state index is 0. The summed E-state index contributed by atoms with van der Waals surface area (Å²) >= 11 is 3.27. The molecule has 1 aromatic heterocycles. The number of hydrogen-bond donors (Lipinski definition) is 2. The molecule has 0 unspecified atom stereocenters. The van der Waals surface area contributed by atoms with Gasteiger partial charge in [-0.3, -0.25) is 4.79 Å². The van der Waals surface area contributed by atoms with Crippen LogP contribution in [0.2, 0.25) is 0 Å². The van der Waals surface area contributed by atoms with Gasteiger partial charge >= 0.3 is 0 Å². The first kappa shape index (κ1) is 20.9. The number of nitrogens with one attached hydrogen (secondary N) is 1. The molecular formula is C12H20BrCl2N3O. The van der Waals surface area contributed by atoms with Crippen LogP contribution >= 0.6 is 40.7 Å². The molecule has 1 amide bonds. The number of amides is 1. The summed E-state index contributed by atoms with van der Waals surface area (Å²) in [6, 6.07) is 3.47. The van der Waals surface area contributed by atoms with Crippen molar-refractivity contribution >= 4 is 46.7 Å². The Bertz CT molecular complexity index is 383. The zero-order chi connectivity index (χ0) is 12.9. The molecule has 0 saturated heterocycles. The maximum absolute atomic E-state index is 11.8. The molecule has 1 aromatic rings. The lowest BCUT2D eigenvalue weighted by Crippen LogP contribution is -2.49. The summed E-state index contributed by atoms with van der Waals surface area (Å²) in [5.74, 6) is -0.186. The number of carbonyl (C=O) groups excluding carboxylic acids is 1. The van der Waals surface area contributed by atoms with Crippen molar-refractivity contribution in [2.24, 2.45) is 5.73 Å². The molecule has 110 valence electrons. The van der Waals surface area contributed by atoms with Crippen LogP contribution in [0.15, 0.2) is 22.8 Å². The van der Waals surface area contributed by atoms with Crippen LogP contribution in [0.3, 0.4) is 0 Å². The molecule has 3 N–H and O–H groups in total. The van der Waals surface area contributed by atoms with Crippen molar-refractivity contribution in [1.82, 2.24) is 10.3 Å². The van der Waals surface area contributed by atoms with Crippen LogP contribution < -0.4 is 11.1 Å². The minimum Gasteiger partial charge on any atom is -0.349 e. The third kappa shape index (κ3) is 6.56. The Morgan fingerprint density at radius 2 is 1.95 bits per heavy atom. The van der Waals surface area contributed by atoms with E-state index >= 15 is 0 Å². The Balaban J connectivity index is 0. The van der Waals surface area contributed by atoms with Gasteiger partial charge in [0.15, 0.2) is 0 Å². The predicted molar refractivity (Wildman–Crippen MR) is 86.3 cm³/mol. The van der Waals surface area contributed by atoms with Gasteiger partial charge in [-0.15, -0.1) is 24.8 Å². The van der Waals surface area contributed by atoms with Gasteiger partial charge in [-0.25, -0.2) is 4.98 Å². The molecule has 19 heavy (non-hydrogen) atoms. The molecular weight excluding hydrogens is 353 g/mol. The fourth-order valence-electron chi connectivity index (χ4n) is 1.36. The number of rotatable bonds is 5. The molecule has 1 heterocycles. The molecule has 0 aliphatic rings. The minimum atomic E-state index is -0.328. The predicted octanol–water partition coefficient (Wildman–Crippen LogP) is 2.94. The van der Waals surface area contributed by atoms with Gasteiger partial charge in [0.2, 0.25) is 0 Å². The SMILES string of the molecule is CCC(N)(CC)CNC(=O)c1ccc(Br)cn1.Cl.Cl. The van der Waals surface area contributed by atoms with Gasteiger partial charge in [0.05, 0.1) is 0 Å². The van der Waals surface area contributed by atoms with E-state index in [-0.39, 0.29) is 36.3 Å². The average molecular weight is 373 g/mol. The Hall–Kier alpha value is -0.360. The van der Waals surface area contributed by atoms with Crippen LogP contribution in [0.4, 0.5) is 0 Å². The van der Waals surface area contributed by atoms with Gasteiger partial charge in [-0.05, 0) is 40.9 Å². The van der Waals surface area contributed by atoms with Gasteiger partial charge in [0, 0.05) is 22.8 Å². The first-order chi connectivity index (χ1) is 8.00. The smallest absolute Gasteiger partial charge is 0.269 e. The van der Waals surface area contributed by atoms with Crippen molar-refractivity contribution < 1.29 is 4.79 Å². The van der Waals surface area contributed by atoms with Crippen LogP contribution in [0, 0.1) is 0 Å². The molecule has 0 saturated carbocycles. The highest BCUT2D eigenvalue weighted by molar-refractivity contribution is 9.10. The maximum atomic E-state index is 11.8. The molecule has 0 aliphatic heterocycles.